The van der Waals surface area contributed by atoms with Crippen LogP contribution in [-0.4, -0.2) is 0 Å². The van der Waals surface area contributed by atoms with Gasteiger partial charge in [-0.15, -0.1) is 22.7 Å². The minimum atomic E-state index is 1.34. The molecule has 0 saturated heterocycles. The van der Waals surface area contributed by atoms with E-state index in [1.54, 1.807) is 22.7 Å². The summed E-state index contributed by atoms with van der Waals surface area (Å²) in [5.41, 5.74) is 2.68. The summed E-state index contributed by atoms with van der Waals surface area (Å²) in [5.74, 6) is 0. The minimum Gasteiger partial charge on any atom is -0.144 e. The monoisotopic (exact) mass is 374 g/mol. The van der Waals surface area contributed by atoms with Gasteiger partial charge in [0.15, 0.2) is 0 Å². The van der Waals surface area contributed by atoms with Crippen LogP contribution in [-0.2, 0) is 0 Å². The van der Waals surface area contributed by atoms with Crippen molar-refractivity contribution in [2.24, 2.45) is 0 Å². The summed E-state index contributed by atoms with van der Waals surface area (Å²) >= 11 is 3.57. The second-order valence-corrected chi connectivity index (χ2v) is 7.97. The molecular formula is C24H22S2. The van der Waals surface area contributed by atoms with Crippen molar-refractivity contribution in [3.05, 3.63) is 107 Å². The molecule has 130 valence electrons. The molecule has 3 aromatic carbocycles. The molecule has 2 heterocycles. The summed E-state index contributed by atoms with van der Waals surface area (Å²) in [4.78, 5) is 0. The van der Waals surface area contributed by atoms with E-state index in [0.29, 0.717) is 0 Å². The molecule has 0 fully saturated rings. The molecule has 0 bridgehead atoms. The maximum absolute atomic E-state index is 2.17. The van der Waals surface area contributed by atoms with Gasteiger partial charge in [-0.3, -0.25) is 0 Å². The highest BCUT2D eigenvalue weighted by Crippen LogP contribution is 2.19. The van der Waals surface area contributed by atoms with E-state index in [0.717, 1.165) is 0 Å². The predicted octanol–water partition coefficient (Wildman–Crippen LogP) is 8.11. The van der Waals surface area contributed by atoms with Gasteiger partial charge in [0.05, 0.1) is 0 Å². The van der Waals surface area contributed by atoms with Crippen LogP contribution in [0.3, 0.4) is 0 Å². The van der Waals surface area contributed by atoms with Crippen molar-refractivity contribution in [2.75, 3.05) is 0 Å². The van der Waals surface area contributed by atoms with Crippen molar-refractivity contribution in [3.63, 3.8) is 0 Å². The van der Waals surface area contributed by atoms with E-state index >= 15 is 0 Å². The van der Waals surface area contributed by atoms with Gasteiger partial charge in [-0.1, -0.05) is 71.8 Å². The lowest BCUT2D eigenvalue weighted by molar-refractivity contribution is 1.39. The van der Waals surface area contributed by atoms with Crippen LogP contribution in [0.25, 0.3) is 20.2 Å². The molecule has 0 atom stereocenters. The second kappa shape index (κ2) is 9.33. The Kier molecular flexibility index (Phi) is 6.59. The smallest absolute Gasteiger partial charge is 0.0342 e. The molecule has 0 saturated carbocycles. The Morgan fingerprint density at radius 1 is 0.500 bits per heavy atom. The molecule has 0 N–H and O–H groups in total. The Balaban J connectivity index is 0.000000113. The molecule has 0 nitrogen and oxygen atoms in total. The Hall–Kier alpha value is -2.42. The first-order chi connectivity index (χ1) is 12.7. The topological polar surface area (TPSA) is 0 Å². The molecule has 0 aliphatic rings. The van der Waals surface area contributed by atoms with Gasteiger partial charge in [0.1, 0.15) is 0 Å². The molecule has 0 spiro atoms. The van der Waals surface area contributed by atoms with Crippen LogP contribution in [0.5, 0.6) is 0 Å². The van der Waals surface area contributed by atoms with E-state index in [1.807, 2.05) is 0 Å². The molecule has 2 aromatic heterocycles. The highest BCUT2D eigenvalue weighted by molar-refractivity contribution is 7.17. The maximum Gasteiger partial charge on any atom is 0.0342 e. The van der Waals surface area contributed by atoms with Crippen LogP contribution in [0.15, 0.2) is 95.7 Å². The van der Waals surface area contributed by atoms with Crippen molar-refractivity contribution >= 4 is 42.8 Å². The number of hydrogen-bond donors (Lipinski definition) is 0. The van der Waals surface area contributed by atoms with E-state index in [2.05, 4.69) is 110 Å². The van der Waals surface area contributed by atoms with Crippen molar-refractivity contribution in [2.45, 2.75) is 13.8 Å². The fraction of sp³-hybridized carbons (Fsp3) is 0.0833. The lowest BCUT2D eigenvalue weighted by Gasteiger charge is -1.90. The van der Waals surface area contributed by atoms with Crippen LogP contribution in [0.4, 0.5) is 0 Å². The van der Waals surface area contributed by atoms with Crippen LogP contribution < -0.4 is 0 Å². The minimum absolute atomic E-state index is 1.34. The fourth-order valence-corrected chi connectivity index (χ4v) is 4.20. The summed E-state index contributed by atoms with van der Waals surface area (Å²) in [5, 5.41) is 6.93. The van der Waals surface area contributed by atoms with Crippen molar-refractivity contribution in [3.8, 4) is 0 Å². The van der Waals surface area contributed by atoms with Crippen molar-refractivity contribution in [1.29, 1.82) is 0 Å². The molecule has 5 aromatic rings. The van der Waals surface area contributed by atoms with Gasteiger partial charge in [0.2, 0.25) is 0 Å². The lowest BCUT2D eigenvalue weighted by Crippen LogP contribution is -1.71. The van der Waals surface area contributed by atoms with Crippen LogP contribution in [0.1, 0.15) is 11.1 Å². The number of rotatable bonds is 0. The molecule has 5 rings (SSSR count). The first kappa shape index (κ1) is 18.4. The van der Waals surface area contributed by atoms with E-state index in [1.165, 1.54) is 31.3 Å². The Labute approximate surface area is 163 Å². The normalized spacial score (nSPS) is 9.92. The lowest BCUT2D eigenvalue weighted by atomic mass is 10.2. The van der Waals surface area contributed by atoms with Gasteiger partial charge in [-0.25, -0.2) is 0 Å². The number of thiophene rings is 2. The average Bonchev–Trinajstić information content (AvgIpc) is 3.32. The quantitative estimate of drug-likeness (QED) is 0.257. The number of benzene rings is 3. The van der Waals surface area contributed by atoms with Gasteiger partial charge >= 0.3 is 0 Å². The summed E-state index contributed by atoms with van der Waals surface area (Å²) < 4.78 is 2.75. The highest BCUT2D eigenvalue weighted by Gasteiger charge is 1.88. The zero-order valence-corrected chi connectivity index (χ0v) is 16.7. The van der Waals surface area contributed by atoms with Crippen LogP contribution >= 0.6 is 22.7 Å². The van der Waals surface area contributed by atoms with Gasteiger partial charge in [0, 0.05) is 9.40 Å². The van der Waals surface area contributed by atoms with E-state index in [-0.39, 0.29) is 0 Å². The summed E-state index contributed by atoms with van der Waals surface area (Å²) in [6.45, 7) is 4.21. The summed E-state index contributed by atoms with van der Waals surface area (Å²) in [6, 6.07) is 29.5. The van der Waals surface area contributed by atoms with Crippen molar-refractivity contribution < 1.29 is 0 Å². The molecule has 0 radical (unpaired) electrons. The van der Waals surface area contributed by atoms with E-state index < -0.39 is 0 Å². The molecule has 2 heteroatoms. The van der Waals surface area contributed by atoms with Gasteiger partial charge in [-0.2, -0.15) is 0 Å². The van der Waals surface area contributed by atoms with Crippen molar-refractivity contribution in [1.82, 2.24) is 0 Å². The number of hydrogen-bond acceptors (Lipinski definition) is 2. The fourth-order valence-electron chi connectivity index (χ4n) is 2.62. The molecule has 0 aliphatic heterocycles. The Morgan fingerprint density at radius 2 is 0.962 bits per heavy atom. The summed E-state index contributed by atoms with van der Waals surface area (Å²) in [6.07, 6.45) is 0. The average molecular weight is 375 g/mol. The van der Waals surface area contributed by atoms with E-state index in [4.69, 9.17) is 0 Å². The SMILES string of the molecule is Cc1cccc(C)c1.c1ccc2sccc2c1.c1ccc2sccc2c1. The second-order valence-electron chi connectivity index (χ2n) is 6.08. The molecule has 26 heavy (non-hydrogen) atoms. The van der Waals surface area contributed by atoms with Crippen LogP contribution in [0, 0.1) is 13.8 Å². The standard InChI is InChI=1S/2C8H6S.C8H10/c2*1-2-4-8-7(3-1)5-6-9-8;1-7-4-3-5-8(2)6-7/h2*1-6H;3-6H,1-2H3. The number of aryl methyl sites for hydroxylation is 2. The molecule has 0 aliphatic carbocycles. The Bertz CT molecular complexity index is 926. The first-order valence-electron chi connectivity index (χ1n) is 8.60. The third kappa shape index (κ3) is 5.29. The van der Waals surface area contributed by atoms with E-state index in [9.17, 15) is 0 Å². The van der Waals surface area contributed by atoms with Crippen LogP contribution in [0.2, 0.25) is 0 Å². The van der Waals surface area contributed by atoms with Gasteiger partial charge in [0.25, 0.3) is 0 Å². The van der Waals surface area contributed by atoms with Gasteiger partial charge < -0.3 is 0 Å². The first-order valence-corrected chi connectivity index (χ1v) is 10.4. The number of fused-ring (bicyclic) bond motifs is 2. The zero-order valence-electron chi connectivity index (χ0n) is 15.1. The van der Waals surface area contributed by atoms with Gasteiger partial charge in [-0.05, 0) is 59.6 Å². The third-order valence-electron chi connectivity index (χ3n) is 3.90. The Morgan fingerprint density at radius 3 is 1.35 bits per heavy atom. The third-order valence-corrected chi connectivity index (χ3v) is 5.69. The highest BCUT2D eigenvalue weighted by atomic mass is 32.1. The maximum atomic E-state index is 2.17. The zero-order chi connectivity index (χ0) is 18.2. The molecular weight excluding hydrogens is 352 g/mol. The predicted molar refractivity (Wildman–Crippen MR) is 120 cm³/mol. The largest absolute Gasteiger partial charge is 0.144 e. The summed E-state index contributed by atoms with van der Waals surface area (Å²) in [7, 11) is 0. The molecule has 0 amide bonds. The molecule has 0 unspecified atom stereocenters.